The minimum atomic E-state index is 0.894. The Kier molecular flexibility index (Phi) is 4.58. The van der Waals surface area contributed by atoms with Crippen molar-refractivity contribution in [3.8, 4) is 5.13 Å². The number of aryl methyl sites for hydroxylation is 1. The minimum absolute atomic E-state index is 0.894. The van der Waals surface area contributed by atoms with Gasteiger partial charge in [-0.1, -0.05) is 0 Å². The van der Waals surface area contributed by atoms with Gasteiger partial charge in [0.1, 0.15) is 12.1 Å². The van der Waals surface area contributed by atoms with Crippen LogP contribution in [0.25, 0.3) is 16.2 Å². The number of aromatic nitrogens is 4. The molecule has 0 bridgehead atoms. The van der Waals surface area contributed by atoms with Crippen molar-refractivity contribution in [1.82, 2.24) is 24.4 Å². The Morgan fingerprint density at radius 3 is 2.74 bits per heavy atom. The highest BCUT2D eigenvalue weighted by molar-refractivity contribution is 7.12. The molecule has 1 N–H and O–H groups in total. The Labute approximate surface area is 140 Å². The molecule has 122 valence electrons. The van der Waals surface area contributed by atoms with E-state index in [9.17, 15) is 0 Å². The van der Waals surface area contributed by atoms with Crippen molar-refractivity contribution >= 4 is 28.2 Å². The SMILES string of the molecule is Cc1c(C)n(-c2nccs2)c2ncnc(NCCCN(C)C)c12. The predicted molar refractivity (Wildman–Crippen MR) is 95.7 cm³/mol. The van der Waals surface area contributed by atoms with Gasteiger partial charge in [0.2, 0.25) is 0 Å². The van der Waals surface area contributed by atoms with E-state index in [1.54, 1.807) is 17.7 Å². The minimum Gasteiger partial charge on any atom is -0.369 e. The number of fused-ring (bicyclic) bond motifs is 1. The van der Waals surface area contributed by atoms with Crippen LogP contribution in [-0.4, -0.2) is 51.6 Å². The molecule has 3 heterocycles. The summed E-state index contributed by atoms with van der Waals surface area (Å²) < 4.78 is 2.11. The van der Waals surface area contributed by atoms with E-state index < -0.39 is 0 Å². The molecule has 7 heteroatoms. The zero-order chi connectivity index (χ0) is 16.4. The van der Waals surface area contributed by atoms with Crippen LogP contribution >= 0.6 is 11.3 Å². The van der Waals surface area contributed by atoms with Crippen molar-refractivity contribution < 1.29 is 0 Å². The highest BCUT2D eigenvalue weighted by Gasteiger charge is 2.18. The Hall–Kier alpha value is -1.99. The molecule has 0 amide bonds. The fraction of sp³-hybridized carbons (Fsp3) is 0.438. The van der Waals surface area contributed by atoms with Gasteiger partial charge in [-0.3, -0.25) is 4.57 Å². The van der Waals surface area contributed by atoms with E-state index in [1.165, 1.54) is 5.56 Å². The molecule has 0 aliphatic heterocycles. The van der Waals surface area contributed by atoms with Gasteiger partial charge in [0.25, 0.3) is 0 Å². The summed E-state index contributed by atoms with van der Waals surface area (Å²) in [5.41, 5.74) is 3.28. The van der Waals surface area contributed by atoms with Gasteiger partial charge < -0.3 is 10.2 Å². The Morgan fingerprint density at radius 2 is 2.04 bits per heavy atom. The van der Waals surface area contributed by atoms with Gasteiger partial charge in [-0.25, -0.2) is 15.0 Å². The van der Waals surface area contributed by atoms with E-state index >= 15 is 0 Å². The topological polar surface area (TPSA) is 58.9 Å². The first-order valence-corrected chi connectivity index (χ1v) is 8.58. The van der Waals surface area contributed by atoms with E-state index in [0.29, 0.717) is 0 Å². The fourth-order valence-electron chi connectivity index (χ4n) is 2.70. The van der Waals surface area contributed by atoms with Crippen molar-refractivity contribution in [1.29, 1.82) is 0 Å². The van der Waals surface area contributed by atoms with E-state index in [2.05, 4.69) is 57.7 Å². The first kappa shape index (κ1) is 15.9. The van der Waals surface area contributed by atoms with E-state index in [4.69, 9.17) is 0 Å². The normalized spacial score (nSPS) is 11.5. The van der Waals surface area contributed by atoms with Crippen molar-refractivity contribution in [3.05, 3.63) is 29.2 Å². The lowest BCUT2D eigenvalue weighted by Gasteiger charge is -2.11. The average molecular weight is 330 g/mol. The summed E-state index contributed by atoms with van der Waals surface area (Å²) in [6.07, 6.45) is 4.52. The van der Waals surface area contributed by atoms with Gasteiger partial charge in [-0.05, 0) is 46.5 Å². The molecule has 0 aliphatic rings. The number of anilines is 1. The number of rotatable bonds is 6. The molecular weight excluding hydrogens is 308 g/mol. The monoisotopic (exact) mass is 330 g/mol. The summed E-state index contributed by atoms with van der Waals surface area (Å²) in [6.45, 7) is 6.18. The van der Waals surface area contributed by atoms with Gasteiger partial charge in [0.15, 0.2) is 10.8 Å². The molecule has 0 unspecified atom stereocenters. The summed E-state index contributed by atoms with van der Waals surface area (Å²) in [6, 6.07) is 0. The van der Waals surface area contributed by atoms with Crippen LogP contribution < -0.4 is 5.32 Å². The molecule has 0 saturated heterocycles. The smallest absolute Gasteiger partial charge is 0.195 e. The lowest BCUT2D eigenvalue weighted by Crippen LogP contribution is -2.16. The van der Waals surface area contributed by atoms with Gasteiger partial charge in [-0.2, -0.15) is 0 Å². The van der Waals surface area contributed by atoms with E-state index in [1.807, 2.05) is 11.6 Å². The molecular formula is C16H22N6S. The van der Waals surface area contributed by atoms with Crippen molar-refractivity contribution in [3.63, 3.8) is 0 Å². The van der Waals surface area contributed by atoms with Crippen LogP contribution in [-0.2, 0) is 0 Å². The third kappa shape index (κ3) is 3.07. The maximum atomic E-state index is 4.51. The lowest BCUT2D eigenvalue weighted by atomic mass is 10.2. The van der Waals surface area contributed by atoms with Gasteiger partial charge >= 0.3 is 0 Å². The Bertz CT molecular complexity index is 791. The zero-order valence-electron chi connectivity index (χ0n) is 14.0. The second-order valence-electron chi connectivity index (χ2n) is 5.86. The van der Waals surface area contributed by atoms with Gasteiger partial charge in [0.05, 0.1) is 5.39 Å². The fourth-order valence-corrected chi connectivity index (χ4v) is 3.39. The van der Waals surface area contributed by atoms with Crippen LogP contribution in [0.3, 0.4) is 0 Å². The van der Waals surface area contributed by atoms with Crippen molar-refractivity contribution in [2.45, 2.75) is 20.3 Å². The number of thiazole rings is 1. The first-order chi connectivity index (χ1) is 11.1. The average Bonchev–Trinajstić information content (AvgIpc) is 3.12. The molecule has 6 nitrogen and oxygen atoms in total. The lowest BCUT2D eigenvalue weighted by molar-refractivity contribution is 0.405. The number of nitrogens with zero attached hydrogens (tertiary/aromatic N) is 5. The van der Waals surface area contributed by atoms with Crippen LogP contribution in [0.15, 0.2) is 17.9 Å². The maximum Gasteiger partial charge on any atom is 0.195 e. The summed E-state index contributed by atoms with van der Waals surface area (Å²) >= 11 is 1.61. The predicted octanol–water partition coefficient (Wildman–Crippen LogP) is 2.86. The van der Waals surface area contributed by atoms with Gasteiger partial charge in [0, 0.05) is 23.8 Å². The summed E-state index contributed by atoms with van der Waals surface area (Å²) in [4.78, 5) is 15.6. The standard InChI is InChI=1S/C16H22N6S/c1-11-12(2)22(16-18-7-9-23-16)15-13(11)14(19-10-20-15)17-6-5-8-21(3)4/h7,9-10H,5-6,8H2,1-4H3,(H,17,19,20). The molecule has 0 radical (unpaired) electrons. The van der Waals surface area contributed by atoms with Crippen molar-refractivity contribution in [2.75, 3.05) is 32.5 Å². The number of hydrogen-bond acceptors (Lipinski definition) is 6. The summed E-state index contributed by atoms with van der Waals surface area (Å²) in [5.74, 6) is 0.907. The third-order valence-corrected chi connectivity index (χ3v) is 4.73. The van der Waals surface area contributed by atoms with Crippen LogP contribution in [0, 0.1) is 13.8 Å². The van der Waals surface area contributed by atoms with Crippen LogP contribution in [0.2, 0.25) is 0 Å². The molecule has 3 aromatic rings. The molecule has 3 aromatic heterocycles. The first-order valence-electron chi connectivity index (χ1n) is 7.70. The summed E-state index contributed by atoms with van der Waals surface area (Å²) in [7, 11) is 4.18. The third-order valence-electron chi connectivity index (χ3n) is 3.98. The zero-order valence-corrected chi connectivity index (χ0v) is 14.8. The van der Waals surface area contributed by atoms with Crippen LogP contribution in [0.4, 0.5) is 5.82 Å². The highest BCUT2D eigenvalue weighted by Crippen LogP contribution is 2.31. The molecule has 0 atom stereocenters. The molecule has 0 saturated carbocycles. The van der Waals surface area contributed by atoms with Gasteiger partial charge in [-0.15, -0.1) is 11.3 Å². The van der Waals surface area contributed by atoms with Crippen molar-refractivity contribution in [2.24, 2.45) is 0 Å². The Balaban J connectivity index is 1.97. The molecule has 0 aromatic carbocycles. The molecule has 0 fully saturated rings. The summed E-state index contributed by atoms with van der Waals surface area (Å²) in [5, 5.41) is 7.48. The largest absolute Gasteiger partial charge is 0.369 e. The van der Waals surface area contributed by atoms with Crippen LogP contribution in [0.1, 0.15) is 17.7 Å². The van der Waals surface area contributed by atoms with E-state index in [0.717, 1.165) is 47.2 Å². The van der Waals surface area contributed by atoms with Crippen LogP contribution in [0.5, 0.6) is 0 Å². The second-order valence-corrected chi connectivity index (χ2v) is 6.74. The Morgan fingerprint density at radius 1 is 1.22 bits per heavy atom. The number of hydrogen-bond donors (Lipinski definition) is 1. The molecule has 0 aliphatic carbocycles. The molecule has 3 rings (SSSR count). The number of nitrogens with one attached hydrogen (secondary N) is 1. The quantitative estimate of drug-likeness (QED) is 0.704. The molecule has 0 spiro atoms. The second kappa shape index (κ2) is 6.64. The highest BCUT2D eigenvalue weighted by atomic mass is 32.1. The molecule has 23 heavy (non-hydrogen) atoms. The van der Waals surface area contributed by atoms with E-state index in [-0.39, 0.29) is 0 Å². The maximum absolute atomic E-state index is 4.51.